The number of nitrogens with one attached hydrogen (secondary N) is 2. The number of fused-ring (bicyclic) bond motifs is 1. The van der Waals surface area contributed by atoms with E-state index in [2.05, 4.69) is 20.7 Å². The summed E-state index contributed by atoms with van der Waals surface area (Å²) >= 11 is 1.46. The topological polar surface area (TPSA) is 88.4 Å². The second-order valence-electron chi connectivity index (χ2n) is 6.69. The molecule has 0 aliphatic heterocycles. The molecule has 2 aromatic heterocycles. The van der Waals surface area contributed by atoms with Crippen molar-refractivity contribution >= 4 is 33.8 Å². The van der Waals surface area contributed by atoms with Gasteiger partial charge < -0.3 is 10.6 Å². The molecule has 2 N–H and O–H groups in total. The van der Waals surface area contributed by atoms with Crippen LogP contribution in [0.5, 0.6) is 0 Å². The minimum absolute atomic E-state index is 0.223. The van der Waals surface area contributed by atoms with Crippen molar-refractivity contribution in [1.82, 2.24) is 19.9 Å². The first-order valence-electron chi connectivity index (χ1n) is 9.24. The van der Waals surface area contributed by atoms with Gasteiger partial charge in [-0.1, -0.05) is 35.9 Å². The highest BCUT2D eigenvalue weighted by molar-refractivity contribution is 7.15. The van der Waals surface area contributed by atoms with Crippen molar-refractivity contribution in [1.29, 1.82) is 0 Å². The highest BCUT2D eigenvalue weighted by atomic mass is 32.1. The molecule has 9 heteroatoms. The second kappa shape index (κ2) is 8.42. The third kappa shape index (κ3) is 4.36. The van der Waals surface area contributed by atoms with Gasteiger partial charge in [0, 0.05) is 29.6 Å². The van der Waals surface area contributed by atoms with E-state index < -0.39 is 17.6 Å². The second-order valence-corrected chi connectivity index (χ2v) is 7.53. The quantitative estimate of drug-likeness (QED) is 0.483. The van der Waals surface area contributed by atoms with E-state index in [1.807, 2.05) is 36.6 Å². The number of halogens is 1. The Morgan fingerprint density at radius 1 is 1.13 bits per heavy atom. The van der Waals surface area contributed by atoms with Crippen molar-refractivity contribution in [3.63, 3.8) is 0 Å². The van der Waals surface area contributed by atoms with E-state index >= 15 is 0 Å². The van der Waals surface area contributed by atoms with Crippen molar-refractivity contribution in [2.24, 2.45) is 0 Å². The predicted octanol–water partition coefficient (Wildman–Crippen LogP) is 3.20. The van der Waals surface area contributed by atoms with E-state index in [1.165, 1.54) is 29.5 Å². The van der Waals surface area contributed by atoms with Gasteiger partial charge in [0.15, 0.2) is 5.82 Å². The zero-order chi connectivity index (χ0) is 21.1. The smallest absolute Gasteiger partial charge is 0.313 e. The van der Waals surface area contributed by atoms with Crippen LogP contribution >= 0.6 is 11.3 Å². The molecule has 152 valence electrons. The van der Waals surface area contributed by atoms with Crippen LogP contribution in [0.4, 0.5) is 10.1 Å². The Kier molecular flexibility index (Phi) is 5.53. The highest BCUT2D eigenvalue weighted by Gasteiger charge is 2.15. The average Bonchev–Trinajstić information content (AvgIpc) is 3.30. The molecule has 0 spiro atoms. The lowest BCUT2D eigenvalue weighted by Crippen LogP contribution is -2.36. The van der Waals surface area contributed by atoms with Gasteiger partial charge in [-0.05, 0) is 25.1 Å². The SMILES string of the molecule is Cc1ccc(-c2nc3scc(CCNC(=O)C(=O)Nc4cccc(F)c4)n3n2)cc1. The minimum Gasteiger partial charge on any atom is -0.347 e. The van der Waals surface area contributed by atoms with Gasteiger partial charge in [0.05, 0.1) is 5.69 Å². The molecule has 0 fully saturated rings. The monoisotopic (exact) mass is 423 g/mol. The molecule has 0 atom stereocenters. The molecule has 2 heterocycles. The van der Waals surface area contributed by atoms with Crippen molar-refractivity contribution < 1.29 is 14.0 Å². The zero-order valence-electron chi connectivity index (χ0n) is 16.1. The van der Waals surface area contributed by atoms with E-state index in [-0.39, 0.29) is 12.2 Å². The summed E-state index contributed by atoms with van der Waals surface area (Å²) in [5.41, 5.74) is 3.20. The van der Waals surface area contributed by atoms with Gasteiger partial charge in [-0.2, -0.15) is 4.98 Å². The summed E-state index contributed by atoms with van der Waals surface area (Å²) in [5.74, 6) is -1.49. The predicted molar refractivity (Wildman–Crippen MR) is 113 cm³/mol. The maximum Gasteiger partial charge on any atom is 0.313 e. The van der Waals surface area contributed by atoms with Gasteiger partial charge >= 0.3 is 11.8 Å². The van der Waals surface area contributed by atoms with Gasteiger partial charge in [-0.15, -0.1) is 16.4 Å². The molecule has 2 aromatic carbocycles. The highest BCUT2D eigenvalue weighted by Crippen LogP contribution is 2.21. The molecule has 7 nitrogen and oxygen atoms in total. The van der Waals surface area contributed by atoms with E-state index in [1.54, 1.807) is 4.52 Å². The summed E-state index contributed by atoms with van der Waals surface area (Å²) in [6.45, 7) is 2.27. The largest absolute Gasteiger partial charge is 0.347 e. The summed E-state index contributed by atoms with van der Waals surface area (Å²) < 4.78 is 14.9. The lowest BCUT2D eigenvalue weighted by Gasteiger charge is -2.06. The fraction of sp³-hybridized carbons (Fsp3) is 0.143. The maximum atomic E-state index is 13.2. The van der Waals surface area contributed by atoms with E-state index in [0.717, 1.165) is 27.8 Å². The Morgan fingerprint density at radius 2 is 1.93 bits per heavy atom. The van der Waals surface area contributed by atoms with Crippen LogP contribution in [0.15, 0.2) is 53.9 Å². The number of rotatable bonds is 5. The van der Waals surface area contributed by atoms with Crippen molar-refractivity contribution in [2.75, 3.05) is 11.9 Å². The van der Waals surface area contributed by atoms with Crippen LogP contribution in [-0.4, -0.2) is 33.0 Å². The summed E-state index contributed by atoms with van der Waals surface area (Å²) in [7, 11) is 0. The van der Waals surface area contributed by atoms with E-state index in [4.69, 9.17) is 0 Å². The average molecular weight is 423 g/mol. The fourth-order valence-electron chi connectivity index (χ4n) is 2.86. The molecule has 0 saturated carbocycles. The number of amides is 2. The van der Waals surface area contributed by atoms with Crippen LogP contribution in [0.2, 0.25) is 0 Å². The van der Waals surface area contributed by atoms with Gasteiger partial charge in [0.2, 0.25) is 4.96 Å². The zero-order valence-corrected chi connectivity index (χ0v) is 16.9. The number of aromatic nitrogens is 3. The van der Waals surface area contributed by atoms with Crippen molar-refractivity contribution in [3.8, 4) is 11.4 Å². The number of benzene rings is 2. The lowest BCUT2D eigenvalue weighted by molar-refractivity contribution is -0.136. The summed E-state index contributed by atoms with van der Waals surface area (Å²) in [6, 6.07) is 13.3. The fourth-order valence-corrected chi connectivity index (χ4v) is 3.72. The number of carbonyl (C=O) groups is 2. The van der Waals surface area contributed by atoms with Gasteiger partial charge in [0.1, 0.15) is 5.82 Å². The van der Waals surface area contributed by atoms with E-state index in [9.17, 15) is 14.0 Å². The first-order valence-corrected chi connectivity index (χ1v) is 10.1. The number of anilines is 1. The lowest BCUT2D eigenvalue weighted by atomic mass is 10.1. The summed E-state index contributed by atoms with van der Waals surface area (Å²) in [5, 5.41) is 11.4. The first-order chi connectivity index (χ1) is 14.5. The standard InChI is InChI=1S/C21H18FN5O2S/c1-13-5-7-14(8-6-13)18-25-21-27(26-18)17(12-30-21)9-10-23-19(28)20(29)24-16-4-2-3-15(22)11-16/h2-8,11-12H,9-10H2,1H3,(H,23,28)(H,24,29). The molecule has 0 unspecified atom stereocenters. The van der Waals surface area contributed by atoms with Gasteiger partial charge in [-0.3, -0.25) is 9.59 Å². The normalized spacial score (nSPS) is 10.9. The summed E-state index contributed by atoms with van der Waals surface area (Å²) in [4.78, 5) is 29.2. The van der Waals surface area contributed by atoms with Gasteiger partial charge in [0.25, 0.3) is 0 Å². The van der Waals surface area contributed by atoms with Crippen LogP contribution in [0.3, 0.4) is 0 Å². The Morgan fingerprint density at radius 3 is 2.70 bits per heavy atom. The van der Waals surface area contributed by atoms with Crippen LogP contribution in [-0.2, 0) is 16.0 Å². The molecule has 0 bridgehead atoms. The van der Waals surface area contributed by atoms with Crippen molar-refractivity contribution in [3.05, 3.63) is 71.0 Å². The Bertz CT molecular complexity index is 1220. The molecule has 4 rings (SSSR count). The number of carbonyl (C=O) groups excluding carboxylic acids is 2. The Hall–Kier alpha value is -3.59. The molecule has 4 aromatic rings. The number of thiazole rings is 1. The van der Waals surface area contributed by atoms with Crippen LogP contribution < -0.4 is 10.6 Å². The molecule has 0 radical (unpaired) electrons. The molecule has 2 amide bonds. The molecule has 0 saturated heterocycles. The Labute approximate surface area is 175 Å². The number of aryl methyl sites for hydroxylation is 1. The van der Waals surface area contributed by atoms with Crippen LogP contribution in [0, 0.1) is 12.7 Å². The number of hydrogen-bond donors (Lipinski definition) is 2. The molecule has 0 aliphatic carbocycles. The maximum absolute atomic E-state index is 13.2. The Balaban J connectivity index is 1.36. The van der Waals surface area contributed by atoms with Gasteiger partial charge in [-0.25, -0.2) is 8.91 Å². The molecule has 0 aliphatic rings. The molecule has 30 heavy (non-hydrogen) atoms. The van der Waals surface area contributed by atoms with E-state index in [0.29, 0.717) is 12.2 Å². The minimum atomic E-state index is -0.849. The first kappa shape index (κ1) is 19.7. The number of hydrogen-bond acceptors (Lipinski definition) is 5. The number of nitrogens with zero attached hydrogens (tertiary/aromatic N) is 3. The third-order valence-electron chi connectivity index (χ3n) is 4.42. The molecular weight excluding hydrogens is 405 g/mol. The third-order valence-corrected chi connectivity index (χ3v) is 5.28. The van der Waals surface area contributed by atoms with Crippen LogP contribution in [0.25, 0.3) is 16.3 Å². The molecular formula is C21H18FN5O2S. The van der Waals surface area contributed by atoms with Crippen molar-refractivity contribution in [2.45, 2.75) is 13.3 Å². The van der Waals surface area contributed by atoms with Crippen LogP contribution in [0.1, 0.15) is 11.3 Å². The summed E-state index contributed by atoms with van der Waals surface area (Å²) in [6.07, 6.45) is 0.482.